The van der Waals surface area contributed by atoms with Gasteiger partial charge in [-0.2, -0.15) is 0 Å². The van der Waals surface area contributed by atoms with Crippen molar-refractivity contribution in [3.63, 3.8) is 0 Å². The summed E-state index contributed by atoms with van der Waals surface area (Å²) in [5.74, 6) is 0.492. The molecular weight excluding hydrogens is 370 g/mol. The first-order chi connectivity index (χ1) is 14.0. The molecule has 1 heterocycles. The van der Waals surface area contributed by atoms with Crippen LogP contribution in [0.3, 0.4) is 0 Å². The molecule has 0 unspecified atom stereocenters. The van der Waals surface area contributed by atoms with Crippen LogP contribution >= 0.6 is 0 Å². The first-order valence-electron chi connectivity index (χ1n) is 10.3. The van der Waals surface area contributed by atoms with Crippen molar-refractivity contribution in [3.05, 3.63) is 42.0 Å². The van der Waals surface area contributed by atoms with Gasteiger partial charge in [0, 0.05) is 25.0 Å². The number of amides is 1. The molecule has 8 nitrogen and oxygen atoms in total. The van der Waals surface area contributed by atoms with Crippen LogP contribution in [-0.4, -0.2) is 61.8 Å². The molecule has 2 aliphatic carbocycles. The van der Waals surface area contributed by atoms with Crippen LogP contribution in [0.15, 0.2) is 30.3 Å². The quantitative estimate of drug-likeness (QED) is 0.670. The van der Waals surface area contributed by atoms with Gasteiger partial charge in [-0.3, -0.25) is 14.5 Å². The van der Waals surface area contributed by atoms with Crippen LogP contribution in [0.5, 0.6) is 0 Å². The molecule has 1 aromatic carbocycles. The van der Waals surface area contributed by atoms with E-state index in [1.165, 1.54) is 12.8 Å². The van der Waals surface area contributed by atoms with Gasteiger partial charge < -0.3 is 10.4 Å². The molecule has 2 fully saturated rings. The van der Waals surface area contributed by atoms with Crippen molar-refractivity contribution in [2.45, 2.75) is 51.1 Å². The van der Waals surface area contributed by atoms with E-state index in [4.69, 9.17) is 5.11 Å². The monoisotopic (exact) mass is 397 g/mol. The number of hydrogen-bond donors (Lipinski definition) is 2. The summed E-state index contributed by atoms with van der Waals surface area (Å²) in [7, 11) is 0. The van der Waals surface area contributed by atoms with E-state index < -0.39 is 5.97 Å². The summed E-state index contributed by atoms with van der Waals surface area (Å²) in [4.78, 5) is 30.3. The Morgan fingerprint density at radius 3 is 2.59 bits per heavy atom. The fourth-order valence-electron chi connectivity index (χ4n) is 3.85. The Labute approximate surface area is 169 Å². The SMILES string of the molecule is CCc1nc(C(=O)NC2CC(N(CC(=O)O)CC3CC3)C2)nn1-c1ccccc1. The van der Waals surface area contributed by atoms with E-state index in [2.05, 4.69) is 20.3 Å². The smallest absolute Gasteiger partial charge is 0.317 e. The number of nitrogens with zero attached hydrogens (tertiary/aromatic N) is 4. The highest BCUT2D eigenvalue weighted by molar-refractivity contribution is 5.90. The summed E-state index contributed by atoms with van der Waals surface area (Å²) >= 11 is 0. The first-order valence-corrected chi connectivity index (χ1v) is 10.3. The minimum absolute atomic E-state index is 0.0387. The molecule has 0 radical (unpaired) electrons. The van der Waals surface area contributed by atoms with Gasteiger partial charge in [0.15, 0.2) is 0 Å². The molecule has 0 saturated heterocycles. The molecule has 0 aliphatic heterocycles. The molecule has 2 N–H and O–H groups in total. The van der Waals surface area contributed by atoms with Crippen molar-refractivity contribution in [2.24, 2.45) is 5.92 Å². The number of carboxylic acids is 1. The highest BCUT2D eigenvalue weighted by atomic mass is 16.4. The third-order valence-electron chi connectivity index (χ3n) is 5.69. The van der Waals surface area contributed by atoms with Gasteiger partial charge in [0.2, 0.25) is 5.82 Å². The van der Waals surface area contributed by atoms with Gasteiger partial charge in [0.05, 0.1) is 12.2 Å². The topological polar surface area (TPSA) is 100 Å². The van der Waals surface area contributed by atoms with Gasteiger partial charge >= 0.3 is 5.97 Å². The molecule has 154 valence electrons. The summed E-state index contributed by atoms with van der Waals surface area (Å²) in [6.07, 6.45) is 4.60. The van der Waals surface area contributed by atoms with Crippen molar-refractivity contribution in [3.8, 4) is 5.69 Å². The molecule has 0 atom stereocenters. The lowest BCUT2D eigenvalue weighted by Gasteiger charge is -2.42. The number of nitrogens with one attached hydrogen (secondary N) is 1. The molecule has 8 heteroatoms. The Bertz CT molecular complexity index is 872. The second-order valence-corrected chi connectivity index (χ2v) is 8.01. The number of carbonyl (C=O) groups is 2. The Morgan fingerprint density at radius 2 is 1.97 bits per heavy atom. The number of para-hydroxylation sites is 1. The predicted molar refractivity (Wildman–Crippen MR) is 107 cm³/mol. The van der Waals surface area contributed by atoms with Crippen molar-refractivity contribution in [2.75, 3.05) is 13.1 Å². The number of carbonyl (C=O) groups excluding carboxylic acids is 1. The number of aryl methyl sites for hydroxylation is 1. The maximum Gasteiger partial charge on any atom is 0.317 e. The fourth-order valence-corrected chi connectivity index (χ4v) is 3.85. The summed E-state index contributed by atoms with van der Waals surface area (Å²) in [5, 5.41) is 16.6. The van der Waals surface area contributed by atoms with Crippen LogP contribution in [0.25, 0.3) is 5.69 Å². The number of aliphatic carboxylic acids is 1. The van der Waals surface area contributed by atoms with Gasteiger partial charge in [0.1, 0.15) is 5.82 Å². The van der Waals surface area contributed by atoms with Crippen LogP contribution in [0.4, 0.5) is 0 Å². The molecule has 29 heavy (non-hydrogen) atoms. The van der Waals surface area contributed by atoms with Gasteiger partial charge in [0.25, 0.3) is 5.91 Å². The zero-order valence-electron chi connectivity index (χ0n) is 16.6. The third kappa shape index (κ3) is 4.64. The maximum atomic E-state index is 12.6. The Morgan fingerprint density at radius 1 is 1.24 bits per heavy atom. The van der Waals surface area contributed by atoms with Crippen LogP contribution in [-0.2, 0) is 11.2 Å². The average Bonchev–Trinajstić information content (AvgIpc) is 3.38. The second kappa shape index (κ2) is 8.32. The molecule has 4 rings (SSSR count). The van der Waals surface area contributed by atoms with Gasteiger partial charge in [-0.15, -0.1) is 5.10 Å². The molecule has 1 aromatic heterocycles. The van der Waals surface area contributed by atoms with E-state index in [-0.39, 0.29) is 30.4 Å². The largest absolute Gasteiger partial charge is 0.480 e. The van der Waals surface area contributed by atoms with E-state index in [1.807, 2.05) is 37.3 Å². The van der Waals surface area contributed by atoms with Crippen molar-refractivity contribution >= 4 is 11.9 Å². The normalized spacial score (nSPS) is 21.0. The van der Waals surface area contributed by atoms with Gasteiger partial charge in [-0.05, 0) is 43.7 Å². The fraction of sp³-hybridized carbons (Fsp3) is 0.524. The molecular formula is C21H27N5O3. The molecule has 2 aliphatic rings. The Kier molecular flexibility index (Phi) is 5.62. The Hall–Kier alpha value is -2.74. The lowest BCUT2D eigenvalue weighted by Crippen LogP contribution is -2.55. The zero-order chi connectivity index (χ0) is 20.4. The van der Waals surface area contributed by atoms with Crippen LogP contribution in [0.1, 0.15) is 49.1 Å². The first kappa shape index (κ1) is 19.6. The average molecular weight is 397 g/mol. The van der Waals surface area contributed by atoms with Crippen LogP contribution in [0, 0.1) is 5.92 Å². The van der Waals surface area contributed by atoms with Crippen molar-refractivity contribution in [1.29, 1.82) is 0 Å². The third-order valence-corrected chi connectivity index (χ3v) is 5.69. The second-order valence-electron chi connectivity index (χ2n) is 8.01. The minimum Gasteiger partial charge on any atom is -0.480 e. The van der Waals surface area contributed by atoms with E-state index in [9.17, 15) is 9.59 Å². The molecule has 1 amide bonds. The molecule has 2 saturated carbocycles. The number of benzene rings is 1. The zero-order valence-corrected chi connectivity index (χ0v) is 16.6. The predicted octanol–water partition coefficient (Wildman–Crippen LogP) is 1.89. The highest BCUT2D eigenvalue weighted by Crippen LogP contribution is 2.33. The summed E-state index contributed by atoms with van der Waals surface area (Å²) in [6.45, 7) is 2.91. The highest BCUT2D eigenvalue weighted by Gasteiger charge is 2.38. The van der Waals surface area contributed by atoms with Crippen LogP contribution in [0.2, 0.25) is 0 Å². The van der Waals surface area contributed by atoms with Gasteiger partial charge in [-0.1, -0.05) is 25.1 Å². The molecule has 0 bridgehead atoms. The number of hydrogen-bond acceptors (Lipinski definition) is 5. The van der Waals surface area contributed by atoms with E-state index in [1.54, 1.807) is 4.68 Å². The van der Waals surface area contributed by atoms with Crippen molar-refractivity contribution < 1.29 is 14.7 Å². The van der Waals surface area contributed by atoms with E-state index >= 15 is 0 Å². The van der Waals surface area contributed by atoms with E-state index in [0.29, 0.717) is 12.3 Å². The van der Waals surface area contributed by atoms with Crippen LogP contribution < -0.4 is 5.32 Å². The summed E-state index contributed by atoms with van der Waals surface area (Å²) in [5.41, 5.74) is 0.879. The molecule has 0 spiro atoms. The number of aromatic nitrogens is 3. The maximum absolute atomic E-state index is 12.6. The van der Waals surface area contributed by atoms with Crippen molar-refractivity contribution in [1.82, 2.24) is 25.0 Å². The number of rotatable bonds is 9. The minimum atomic E-state index is -0.791. The summed E-state index contributed by atoms with van der Waals surface area (Å²) < 4.78 is 1.71. The summed E-state index contributed by atoms with van der Waals surface area (Å²) in [6, 6.07) is 9.91. The Balaban J connectivity index is 1.36. The lowest BCUT2D eigenvalue weighted by molar-refractivity contribution is -0.139. The van der Waals surface area contributed by atoms with E-state index in [0.717, 1.165) is 30.9 Å². The molecule has 2 aromatic rings. The van der Waals surface area contributed by atoms with Gasteiger partial charge in [-0.25, -0.2) is 9.67 Å². The standard InChI is InChI=1S/C21H27N5O3/c1-2-18-23-20(24-26(18)16-6-4-3-5-7-16)21(29)22-15-10-17(11-15)25(13-19(27)28)12-14-8-9-14/h3-7,14-15,17H,2,8-13H2,1H3,(H,22,29)(H,27,28). The number of carboxylic acid groups (broad SMARTS) is 1. The lowest BCUT2D eigenvalue weighted by atomic mass is 9.85.